The molecule has 1 aliphatic carbocycles. The molecule has 3 rings (SSSR count). The number of nitrogens with zero attached hydrogens (tertiary/aromatic N) is 2. The van der Waals surface area contributed by atoms with Crippen LogP contribution in [0.3, 0.4) is 0 Å². The van der Waals surface area contributed by atoms with Gasteiger partial charge in [0.2, 0.25) is 0 Å². The third-order valence-corrected chi connectivity index (χ3v) is 4.09. The van der Waals surface area contributed by atoms with E-state index in [1.54, 1.807) is 0 Å². The molecule has 2 aromatic rings. The Kier molecular flexibility index (Phi) is 6.48. The Morgan fingerprint density at radius 1 is 1.17 bits per heavy atom. The van der Waals surface area contributed by atoms with Crippen molar-refractivity contribution in [1.29, 1.82) is 0 Å². The van der Waals surface area contributed by atoms with E-state index in [-0.39, 0.29) is 24.0 Å². The average molecular weight is 437 g/mol. The number of guanidine groups is 1. The molecule has 128 valence electrons. The Labute approximate surface area is 160 Å². The third-order valence-electron chi connectivity index (χ3n) is 4.09. The number of nitrogens with two attached hydrogens (primary N) is 1. The number of hydrogen-bond donors (Lipinski definition) is 1. The molecule has 0 aromatic heterocycles. The molecule has 1 aliphatic rings. The molecule has 0 atom stereocenters. The second-order valence-corrected chi connectivity index (χ2v) is 6.04. The van der Waals surface area contributed by atoms with Gasteiger partial charge in [0.05, 0.1) is 6.54 Å². The highest BCUT2D eigenvalue weighted by molar-refractivity contribution is 14.0. The van der Waals surface area contributed by atoms with E-state index in [2.05, 4.69) is 16.8 Å². The first-order chi connectivity index (χ1) is 11.1. The van der Waals surface area contributed by atoms with E-state index in [0.29, 0.717) is 18.5 Å². The lowest BCUT2D eigenvalue weighted by Gasteiger charge is -2.17. The molecule has 1 fully saturated rings. The number of halogens is 1. The van der Waals surface area contributed by atoms with Crippen LogP contribution < -0.4 is 10.5 Å². The van der Waals surface area contributed by atoms with Crippen molar-refractivity contribution >= 4 is 29.9 Å². The van der Waals surface area contributed by atoms with Crippen molar-refractivity contribution in [3.63, 3.8) is 0 Å². The van der Waals surface area contributed by atoms with Gasteiger partial charge in [-0.2, -0.15) is 0 Å². The van der Waals surface area contributed by atoms with Gasteiger partial charge in [-0.15, -0.1) is 24.0 Å². The summed E-state index contributed by atoms with van der Waals surface area (Å²) in [5, 5.41) is 0. The molecule has 0 heterocycles. The lowest BCUT2D eigenvalue weighted by Crippen LogP contribution is -2.35. The highest BCUT2D eigenvalue weighted by atomic mass is 127. The summed E-state index contributed by atoms with van der Waals surface area (Å²) in [6.07, 6.45) is 2.42. The summed E-state index contributed by atoms with van der Waals surface area (Å²) in [6.45, 7) is 2.58. The molecule has 0 spiro atoms. The van der Waals surface area contributed by atoms with Crippen molar-refractivity contribution in [3.8, 4) is 11.5 Å². The molecule has 24 heavy (non-hydrogen) atoms. The molecule has 0 aliphatic heterocycles. The Hall–Kier alpha value is -1.76. The van der Waals surface area contributed by atoms with Gasteiger partial charge in [0, 0.05) is 18.7 Å². The minimum Gasteiger partial charge on any atom is -0.457 e. The second kappa shape index (κ2) is 8.37. The van der Waals surface area contributed by atoms with Gasteiger partial charge in [0.1, 0.15) is 11.5 Å². The van der Waals surface area contributed by atoms with Crippen LogP contribution in [0.5, 0.6) is 11.5 Å². The molecule has 1 saturated carbocycles. The molecule has 5 heteroatoms. The van der Waals surface area contributed by atoms with Crippen LogP contribution in [-0.4, -0.2) is 23.9 Å². The number of rotatable bonds is 5. The van der Waals surface area contributed by atoms with E-state index in [4.69, 9.17) is 10.5 Å². The normalized spacial score (nSPS) is 14.0. The summed E-state index contributed by atoms with van der Waals surface area (Å²) in [5.41, 5.74) is 8.30. The van der Waals surface area contributed by atoms with Gasteiger partial charge in [-0.1, -0.05) is 35.9 Å². The first-order valence-corrected chi connectivity index (χ1v) is 7.98. The molecule has 0 bridgehead atoms. The van der Waals surface area contributed by atoms with E-state index < -0.39 is 0 Å². The molecular weight excluding hydrogens is 413 g/mol. The molecule has 0 unspecified atom stereocenters. The highest BCUT2D eigenvalue weighted by Crippen LogP contribution is 2.27. The predicted octanol–water partition coefficient (Wildman–Crippen LogP) is 4.31. The maximum Gasteiger partial charge on any atom is 0.191 e. The lowest BCUT2D eigenvalue weighted by molar-refractivity contribution is 0.474. The van der Waals surface area contributed by atoms with Crippen molar-refractivity contribution in [2.75, 3.05) is 7.05 Å². The predicted molar refractivity (Wildman–Crippen MR) is 109 cm³/mol. The van der Waals surface area contributed by atoms with Crippen LogP contribution in [-0.2, 0) is 6.54 Å². The van der Waals surface area contributed by atoms with Crippen molar-refractivity contribution in [3.05, 3.63) is 59.7 Å². The second-order valence-electron chi connectivity index (χ2n) is 6.04. The summed E-state index contributed by atoms with van der Waals surface area (Å²) < 4.78 is 5.99. The van der Waals surface area contributed by atoms with Gasteiger partial charge in [-0.25, -0.2) is 4.99 Å². The summed E-state index contributed by atoms with van der Waals surface area (Å²) in [5.74, 6) is 2.25. The molecule has 0 radical (unpaired) electrons. The van der Waals surface area contributed by atoms with Crippen LogP contribution in [0.25, 0.3) is 0 Å². The fraction of sp³-hybridized carbons (Fsp3) is 0.316. The van der Waals surface area contributed by atoms with Crippen LogP contribution in [0.1, 0.15) is 24.0 Å². The average Bonchev–Trinajstić information content (AvgIpc) is 3.40. The highest BCUT2D eigenvalue weighted by Gasteiger charge is 2.27. The fourth-order valence-corrected chi connectivity index (χ4v) is 2.39. The van der Waals surface area contributed by atoms with Crippen molar-refractivity contribution in [2.45, 2.75) is 32.4 Å². The number of aliphatic imine (C=N–C) groups is 1. The smallest absolute Gasteiger partial charge is 0.191 e. The van der Waals surface area contributed by atoms with Gasteiger partial charge >= 0.3 is 0 Å². The maximum absolute atomic E-state index is 6.06. The molecular formula is C19H24IN3O. The third kappa shape index (κ3) is 4.87. The molecule has 0 saturated heterocycles. The zero-order chi connectivity index (χ0) is 16.2. The minimum absolute atomic E-state index is 0. The Balaban J connectivity index is 0.00000208. The van der Waals surface area contributed by atoms with Crippen LogP contribution >= 0.6 is 24.0 Å². The monoisotopic (exact) mass is 437 g/mol. The van der Waals surface area contributed by atoms with Gasteiger partial charge in [-0.3, -0.25) is 0 Å². The Morgan fingerprint density at radius 2 is 1.83 bits per heavy atom. The van der Waals surface area contributed by atoms with E-state index in [1.165, 1.54) is 18.4 Å². The van der Waals surface area contributed by atoms with Crippen molar-refractivity contribution in [2.24, 2.45) is 10.7 Å². The minimum atomic E-state index is 0. The largest absolute Gasteiger partial charge is 0.457 e. The summed E-state index contributed by atoms with van der Waals surface area (Å²) in [6, 6.07) is 16.6. The number of benzene rings is 2. The van der Waals surface area contributed by atoms with Gasteiger partial charge in [0.25, 0.3) is 0 Å². The van der Waals surface area contributed by atoms with E-state index in [9.17, 15) is 0 Å². The molecule has 0 amide bonds. The first kappa shape index (κ1) is 18.6. The fourth-order valence-electron chi connectivity index (χ4n) is 2.39. The number of ether oxygens (including phenoxy) is 1. The maximum atomic E-state index is 6.06. The SMILES string of the molecule is Cc1ccc(Oc2ccccc2CN=C(N)N(C)C2CC2)cc1.I. The molecule has 2 N–H and O–H groups in total. The number of para-hydroxylation sites is 1. The lowest BCUT2D eigenvalue weighted by atomic mass is 10.2. The molecule has 2 aromatic carbocycles. The zero-order valence-electron chi connectivity index (χ0n) is 14.1. The standard InChI is InChI=1S/C19H23N3O.HI/c1-14-7-11-17(12-8-14)23-18-6-4-3-5-15(18)13-21-19(20)22(2)16-9-10-16;/h3-8,11-12,16H,9-10,13H2,1-2H3,(H2,20,21);1H. The summed E-state index contributed by atoms with van der Waals surface area (Å²) in [4.78, 5) is 6.57. The van der Waals surface area contributed by atoms with Crippen molar-refractivity contribution < 1.29 is 4.74 Å². The van der Waals surface area contributed by atoms with Crippen LogP contribution in [0.4, 0.5) is 0 Å². The Bertz CT molecular complexity index is 696. The first-order valence-electron chi connectivity index (χ1n) is 7.98. The quantitative estimate of drug-likeness (QED) is 0.431. The Morgan fingerprint density at radius 3 is 2.50 bits per heavy atom. The zero-order valence-corrected chi connectivity index (χ0v) is 16.4. The van der Waals surface area contributed by atoms with E-state index in [1.807, 2.05) is 55.6 Å². The van der Waals surface area contributed by atoms with Gasteiger partial charge in [-0.05, 0) is 38.0 Å². The van der Waals surface area contributed by atoms with E-state index >= 15 is 0 Å². The van der Waals surface area contributed by atoms with Crippen LogP contribution in [0.15, 0.2) is 53.5 Å². The van der Waals surface area contributed by atoms with Crippen LogP contribution in [0, 0.1) is 6.92 Å². The van der Waals surface area contributed by atoms with Gasteiger partial charge in [0.15, 0.2) is 5.96 Å². The summed E-state index contributed by atoms with van der Waals surface area (Å²) in [7, 11) is 2.01. The number of hydrogen-bond acceptors (Lipinski definition) is 2. The van der Waals surface area contributed by atoms with Crippen molar-refractivity contribution in [1.82, 2.24) is 4.90 Å². The van der Waals surface area contributed by atoms with Crippen LogP contribution in [0.2, 0.25) is 0 Å². The van der Waals surface area contributed by atoms with E-state index in [0.717, 1.165) is 17.1 Å². The number of aryl methyl sites for hydroxylation is 1. The van der Waals surface area contributed by atoms with Gasteiger partial charge < -0.3 is 15.4 Å². The molecule has 4 nitrogen and oxygen atoms in total. The summed E-state index contributed by atoms with van der Waals surface area (Å²) >= 11 is 0. The topological polar surface area (TPSA) is 50.9 Å².